The standard InChI is InChI=1S/C20H18F3N3O2S/c1-26(2)18-7-6-14(20(21,22)23)9-17(18)25-19(27)13-4-3-5-16(8-13)28-10-15-11-29-12-24-15/h3-9,11-12H,10H2,1-2H3,(H,25,27). The number of ether oxygens (including phenoxy) is 1. The van der Waals surface area contributed by atoms with Crippen molar-refractivity contribution in [2.45, 2.75) is 12.8 Å². The maximum Gasteiger partial charge on any atom is 0.416 e. The minimum Gasteiger partial charge on any atom is -0.487 e. The van der Waals surface area contributed by atoms with Crippen LogP contribution in [0.25, 0.3) is 0 Å². The summed E-state index contributed by atoms with van der Waals surface area (Å²) in [7, 11) is 3.37. The van der Waals surface area contributed by atoms with Gasteiger partial charge in [-0.15, -0.1) is 11.3 Å². The lowest BCUT2D eigenvalue weighted by molar-refractivity contribution is -0.137. The summed E-state index contributed by atoms with van der Waals surface area (Å²) in [4.78, 5) is 18.4. The van der Waals surface area contributed by atoms with Gasteiger partial charge in [0.05, 0.1) is 28.1 Å². The predicted molar refractivity (Wildman–Crippen MR) is 107 cm³/mol. The van der Waals surface area contributed by atoms with Gasteiger partial charge in [-0.05, 0) is 36.4 Å². The Kier molecular flexibility index (Phi) is 6.07. The summed E-state index contributed by atoms with van der Waals surface area (Å²) in [6, 6.07) is 9.67. The average Bonchev–Trinajstić information content (AvgIpc) is 3.19. The minimum absolute atomic E-state index is 0.0728. The summed E-state index contributed by atoms with van der Waals surface area (Å²) in [5.74, 6) is -0.0749. The average molecular weight is 421 g/mol. The fourth-order valence-electron chi connectivity index (χ4n) is 2.59. The van der Waals surface area contributed by atoms with Crippen LogP contribution in [-0.2, 0) is 12.8 Å². The molecule has 1 aromatic heterocycles. The molecule has 0 atom stereocenters. The summed E-state index contributed by atoms with van der Waals surface area (Å²) in [5.41, 5.74) is 2.43. The fraction of sp³-hybridized carbons (Fsp3) is 0.200. The van der Waals surface area contributed by atoms with Gasteiger partial charge in [0.1, 0.15) is 12.4 Å². The molecular weight excluding hydrogens is 403 g/mol. The van der Waals surface area contributed by atoms with Crippen molar-refractivity contribution >= 4 is 28.6 Å². The lowest BCUT2D eigenvalue weighted by Gasteiger charge is -2.20. The third-order valence-electron chi connectivity index (χ3n) is 4.02. The lowest BCUT2D eigenvalue weighted by atomic mass is 10.1. The van der Waals surface area contributed by atoms with E-state index in [1.807, 2.05) is 5.38 Å². The molecule has 0 aliphatic rings. The van der Waals surface area contributed by atoms with Crippen LogP contribution in [-0.4, -0.2) is 25.0 Å². The molecule has 0 aliphatic heterocycles. The zero-order valence-electron chi connectivity index (χ0n) is 15.7. The van der Waals surface area contributed by atoms with Crippen LogP contribution in [0, 0.1) is 0 Å². The Bertz CT molecular complexity index is 989. The Balaban J connectivity index is 1.80. The molecule has 0 bridgehead atoms. The van der Waals surface area contributed by atoms with Crippen molar-refractivity contribution in [1.82, 2.24) is 4.98 Å². The largest absolute Gasteiger partial charge is 0.487 e. The van der Waals surface area contributed by atoms with Gasteiger partial charge in [0, 0.05) is 25.0 Å². The molecule has 9 heteroatoms. The van der Waals surface area contributed by atoms with Crippen molar-refractivity contribution in [3.05, 3.63) is 70.2 Å². The third-order valence-corrected chi connectivity index (χ3v) is 4.66. The first-order chi connectivity index (χ1) is 13.7. The van der Waals surface area contributed by atoms with Gasteiger partial charge in [-0.25, -0.2) is 4.98 Å². The Morgan fingerprint density at radius 3 is 2.66 bits per heavy atom. The maximum absolute atomic E-state index is 13.1. The molecule has 0 saturated carbocycles. The van der Waals surface area contributed by atoms with E-state index in [0.29, 0.717) is 11.4 Å². The van der Waals surface area contributed by atoms with Gasteiger partial charge < -0.3 is 15.0 Å². The Hall–Kier alpha value is -3.07. The molecule has 3 rings (SSSR count). The number of thiazole rings is 1. The second-order valence-electron chi connectivity index (χ2n) is 6.37. The highest BCUT2D eigenvalue weighted by molar-refractivity contribution is 7.07. The van der Waals surface area contributed by atoms with E-state index in [9.17, 15) is 18.0 Å². The number of nitrogens with zero attached hydrogens (tertiary/aromatic N) is 2. The number of hydrogen-bond acceptors (Lipinski definition) is 5. The van der Waals surface area contributed by atoms with Crippen molar-refractivity contribution in [3.8, 4) is 5.75 Å². The maximum atomic E-state index is 13.1. The second-order valence-corrected chi connectivity index (χ2v) is 7.09. The van der Waals surface area contributed by atoms with E-state index in [4.69, 9.17) is 4.74 Å². The Morgan fingerprint density at radius 2 is 2.00 bits per heavy atom. The summed E-state index contributed by atoms with van der Waals surface area (Å²) in [6.45, 7) is 0.257. The number of benzene rings is 2. The van der Waals surface area contributed by atoms with Crippen LogP contribution in [0.4, 0.5) is 24.5 Å². The smallest absolute Gasteiger partial charge is 0.416 e. The van der Waals surface area contributed by atoms with E-state index in [1.54, 1.807) is 42.7 Å². The van der Waals surface area contributed by atoms with Gasteiger partial charge >= 0.3 is 6.18 Å². The van der Waals surface area contributed by atoms with Gasteiger partial charge in [0.25, 0.3) is 5.91 Å². The number of alkyl halides is 3. The molecule has 29 heavy (non-hydrogen) atoms. The zero-order valence-corrected chi connectivity index (χ0v) is 16.5. The molecule has 1 amide bonds. The Morgan fingerprint density at radius 1 is 1.21 bits per heavy atom. The normalized spacial score (nSPS) is 11.2. The summed E-state index contributed by atoms with van der Waals surface area (Å²) >= 11 is 1.45. The highest BCUT2D eigenvalue weighted by Gasteiger charge is 2.31. The molecule has 2 aromatic carbocycles. The van der Waals surface area contributed by atoms with Gasteiger partial charge in [-0.3, -0.25) is 4.79 Å². The molecule has 0 unspecified atom stereocenters. The third kappa shape index (κ3) is 5.26. The zero-order chi connectivity index (χ0) is 21.0. The molecule has 0 spiro atoms. The van der Waals surface area contributed by atoms with Crippen LogP contribution >= 0.6 is 11.3 Å². The van der Waals surface area contributed by atoms with Crippen LogP contribution in [0.5, 0.6) is 5.75 Å². The number of aromatic nitrogens is 1. The van der Waals surface area contributed by atoms with E-state index in [1.165, 1.54) is 23.5 Å². The molecule has 152 valence electrons. The van der Waals surface area contributed by atoms with E-state index >= 15 is 0 Å². The van der Waals surface area contributed by atoms with Crippen LogP contribution in [0.1, 0.15) is 21.6 Å². The van der Waals surface area contributed by atoms with E-state index in [2.05, 4.69) is 10.3 Å². The second kappa shape index (κ2) is 8.52. The van der Waals surface area contributed by atoms with Crippen molar-refractivity contribution in [1.29, 1.82) is 0 Å². The molecule has 0 radical (unpaired) electrons. The predicted octanol–water partition coefficient (Wildman–Crippen LogP) is 5.06. The summed E-state index contributed by atoms with van der Waals surface area (Å²) in [6.07, 6.45) is -4.51. The van der Waals surface area contributed by atoms with Crippen molar-refractivity contribution in [2.75, 3.05) is 24.3 Å². The van der Waals surface area contributed by atoms with Crippen LogP contribution < -0.4 is 15.0 Å². The highest BCUT2D eigenvalue weighted by Crippen LogP contribution is 2.35. The number of carbonyl (C=O) groups excluding carboxylic acids is 1. The molecule has 0 saturated heterocycles. The van der Waals surface area contributed by atoms with Crippen LogP contribution in [0.3, 0.4) is 0 Å². The SMILES string of the molecule is CN(C)c1ccc(C(F)(F)F)cc1NC(=O)c1cccc(OCc2cscn2)c1. The van der Waals surface area contributed by atoms with Crippen molar-refractivity contribution in [3.63, 3.8) is 0 Å². The Labute approximate surface area is 169 Å². The molecule has 3 aromatic rings. The van der Waals surface area contributed by atoms with Gasteiger partial charge in [0.15, 0.2) is 0 Å². The molecular formula is C20H18F3N3O2S. The number of carbonyl (C=O) groups is 1. The number of anilines is 2. The van der Waals surface area contributed by atoms with E-state index in [-0.39, 0.29) is 17.9 Å². The molecule has 0 aliphatic carbocycles. The summed E-state index contributed by atoms with van der Waals surface area (Å²) in [5, 5.41) is 4.42. The number of halogens is 3. The lowest BCUT2D eigenvalue weighted by Crippen LogP contribution is -2.18. The first kappa shape index (κ1) is 20.7. The first-order valence-corrected chi connectivity index (χ1v) is 9.48. The van der Waals surface area contributed by atoms with Crippen molar-refractivity contribution < 1.29 is 22.7 Å². The van der Waals surface area contributed by atoms with Gasteiger partial charge in [-0.1, -0.05) is 6.07 Å². The molecule has 1 heterocycles. The minimum atomic E-state index is -4.51. The van der Waals surface area contributed by atoms with Gasteiger partial charge in [0.2, 0.25) is 0 Å². The fourth-order valence-corrected chi connectivity index (χ4v) is 3.13. The van der Waals surface area contributed by atoms with Crippen LogP contribution in [0.15, 0.2) is 53.4 Å². The summed E-state index contributed by atoms with van der Waals surface area (Å²) < 4.78 is 44.8. The topological polar surface area (TPSA) is 54.5 Å². The molecule has 1 N–H and O–H groups in total. The highest BCUT2D eigenvalue weighted by atomic mass is 32.1. The quantitative estimate of drug-likeness (QED) is 0.605. The van der Waals surface area contributed by atoms with Crippen molar-refractivity contribution in [2.24, 2.45) is 0 Å². The van der Waals surface area contributed by atoms with Gasteiger partial charge in [-0.2, -0.15) is 13.2 Å². The van der Waals surface area contributed by atoms with E-state index < -0.39 is 17.6 Å². The number of amides is 1. The van der Waals surface area contributed by atoms with Crippen LogP contribution in [0.2, 0.25) is 0 Å². The number of nitrogens with one attached hydrogen (secondary N) is 1. The monoisotopic (exact) mass is 421 g/mol. The number of rotatable bonds is 6. The number of hydrogen-bond donors (Lipinski definition) is 1. The molecule has 5 nitrogen and oxygen atoms in total. The first-order valence-electron chi connectivity index (χ1n) is 8.54. The molecule has 0 fully saturated rings. The van der Waals surface area contributed by atoms with E-state index in [0.717, 1.165) is 17.8 Å².